The Morgan fingerprint density at radius 1 is 1.19 bits per heavy atom. The lowest BCUT2D eigenvalue weighted by Gasteiger charge is -2.08. The monoisotopic (exact) mass is 329 g/mol. The fourth-order valence-electron chi connectivity index (χ4n) is 1.46. The summed E-state index contributed by atoms with van der Waals surface area (Å²) in [5.41, 5.74) is 5.52. The second kappa shape index (κ2) is 5.70. The van der Waals surface area contributed by atoms with Crippen molar-refractivity contribution < 1.29 is 17.2 Å². The summed E-state index contributed by atoms with van der Waals surface area (Å²) >= 11 is 4.70. The Hall–Kier alpha value is -2.13. The van der Waals surface area contributed by atoms with Crippen molar-refractivity contribution in [2.24, 2.45) is 5.73 Å². The van der Waals surface area contributed by atoms with E-state index in [2.05, 4.69) is 9.71 Å². The van der Waals surface area contributed by atoms with E-state index in [0.29, 0.717) is 0 Å². The molecule has 0 unspecified atom stereocenters. The smallest absolute Gasteiger partial charge is 0.263 e. The predicted octanol–water partition coefficient (Wildman–Crippen LogP) is 1.79. The van der Waals surface area contributed by atoms with Gasteiger partial charge in [-0.2, -0.15) is 0 Å². The molecule has 0 amide bonds. The molecule has 1 heterocycles. The summed E-state index contributed by atoms with van der Waals surface area (Å²) in [6.07, 6.45) is 1.07. The molecule has 0 saturated carbocycles. The van der Waals surface area contributed by atoms with Crippen LogP contribution in [0.4, 0.5) is 14.5 Å². The first-order valence-corrected chi connectivity index (χ1v) is 7.42. The van der Waals surface area contributed by atoms with Crippen LogP contribution >= 0.6 is 12.2 Å². The van der Waals surface area contributed by atoms with Crippen LogP contribution in [0.5, 0.6) is 0 Å². The third-order valence-corrected chi connectivity index (χ3v) is 4.05. The molecular formula is C12H9F2N3O2S2. The number of nitrogens with two attached hydrogens (primary N) is 1. The predicted molar refractivity (Wildman–Crippen MR) is 77.3 cm³/mol. The standard InChI is InChI=1S/C12H9F2N3O2S2/c13-9-3-1-7(5-10(9)14)17-21(18,19)8-2-4-11(12(15)20)16-6-8/h1-6,17H,(H2,15,20). The van der Waals surface area contributed by atoms with Crippen LogP contribution in [0.25, 0.3) is 0 Å². The number of thiocarbonyl (C=S) groups is 1. The molecule has 1 aromatic heterocycles. The Labute approximate surface area is 124 Å². The molecule has 9 heteroatoms. The number of pyridine rings is 1. The number of hydrogen-bond donors (Lipinski definition) is 2. The van der Waals surface area contributed by atoms with Crippen molar-refractivity contribution in [3.63, 3.8) is 0 Å². The second-order valence-corrected chi connectivity index (χ2v) is 6.10. The first-order chi connectivity index (χ1) is 9.79. The lowest BCUT2D eigenvalue weighted by atomic mass is 10.3. The van der Waals surface area contributed by atoms with Gasteiger partial charge in [-0.1, -0.05) is 12.2 Å². The fourth-order valence-corrected chi connectivity index (χ4v) is 2.57. The Morgan fingerprint density at radius 2 is 1.90 bits per heavy atom. The van der Waals surface area contributed by atoms with Crippen LogP contribution in [0.3, 0.4) is 0 Å². The highest BCUT2D eigenvalue weighted by Crippen LogP contribution is 2.18. The SMILES string of the molecule is NC(=S)c1ccc(S(=O)(=O)Nc2ccc(F)c(F)c2)cn1. The first-order valence-electron chi connectivity index (χ1n) is 5.53. The highest BCUT2D eigenvalue weighted by molar-refractivity contribution is 7.92. The van der Waals surface area contributed by atoms with Gasteiger partial charge in [0.25, 0.3) is 10.0 Å². The molecule has 2 aromatic rings. The molecule has 110 valence electrons. The molecule has 5 nitrogen and oxygen atoms in total. The zero-order chi connectivity index (χ0) is 15.6. The maximum atomic E-state index is 13.0. The average molecular weight is 329 g/mol. The van der Waals surface area contributed by atoms with Gasteiger partial charge in [-0.25, -0.2) is 17.2 Å². The molecule has 0 spiro atoms. The minimum absolute atomic E-state index is 0.0347. The summed E-state index contributed by atoms with van der Waals surface area (Å²) in [6.45, 7) is 0. The third kappa shape index (κ3) is 3.50. The van der Waals surface area contributed by atoms with E-state index in [4.69, 9.17) is 18.0 Å². The number of anilines is 1. The van der Waals surface area contributed by atoms with Gasteiger partial charge in [0.2, 0.25) is 0 Å². The second-order valence-electron chi connectivity index (χ2n) is 3.98. The van der Waals surface area contributed by atoms with Crippen LogP contribution in [0.15, 0.2) is 41.4 Å². The summed E-state index contributed by atoms with van der Waals surface area (Å²) in [5, 5.41) is 0. The van der Waals surface area contributed by atoms with Crippen LogP contribution in [0.2, 0.25) is 0 Å². The number of nitrogens with one attached hydrogen (secondary N) is 1. The molecule has 0 saturated heterocycles. The van der Waals surface area contributed by atoms with Crippen molar-refractivity contribution in [3.8, 4) is 0 Å². The van der Waals surface area contributed by atoms with Crippen molar-refractivity contribution >= 4 is 32.9 Å². The molecular weight excluding hydrogens is 320 g/mol. The highest BCUT2D eigenvalue weighted by Gasteiger charge is 2.16. The van der Waals surface area contributed by atoms with Crippen molar-refractivity contribution in [1.29, 1.82) is 0 Å². The van der Waals surface area contributed by atoms with E-state index in [-0.39, 0.29) is 21.3 Å². The number of rotatable bonds is 4. The number of hydrogen-bond acceptors (Lipinski definition) is 4. The van der Waals surface area contributed by atoms with Gasteiger partial charge in [0, 0.05) is 12.3 Å². The fraction of sp³-hybridized carbons (Fsp3) is 0. The lowest BCUT2D eigenvalue weighted by Crippen LogP contribution is -2.15. The topological polar surface area (TPSA) is 85.1 Å². The van der Waals surface area contributed by atoms with E-state index in [1.165, 1.54) is 12.1 Å². The molecule has 2 rings (SSSR count). The summed E-state index contributed by atoms with van der Waals surface area (Å²) in [4.78, 5) is 3.67. The number of benzene rings is 1. The van der Waals surface area contributed by atoms with Gasteiger partial charge < -0.3 is 5.73 Å². The molecule has 0 aliphatic carbocycles. The van der Waals surface area contributed by atoms with Crippen molar-refractivity contribution in [3.05, 3.63) is 53.9 Å². The van der Waals surface area contributed by atoms with E-state index in [1.54, 1.807) is 0 Å². The van der Waals surface area contributed by atoms with Crippen LogP contribution in [0, 0.1) is 11.6 Å². The zero-order valence-corrected chi connectivity index (χ0v) is 12.0. The Bertz CT molecular complexity index is 793. The van der Waals surface area contributed by atoms with Crippen LogP contribution in [-0.4, -0.2) is 18.4 Å². The van der Waals surface area contributed by atoms with Gasteiger partial charge in [0.15, 0.2) is 11.6 Å². The minimum atomic E-state index is -3.97. The Balaban J connectivity index is 2.29. The number of aromatic nitrogens is 1. The molecule has 0 aliphatic rings. The van der Waals surface area contributed by atoms with Gasteiger partial charge >= 0.3 is 0 Å². The number of nitrogens with zero attached hydrogens (tertiary/aromatic N) is 1. The van der Waals surface area contributed by atoms with E-state index < -0.39 is 21.7 Å². The summed E-state index contributed by atoms with van der Waals surface area (Å²) in [7, 11) is -3.97. The van der Waals surface area contributed by atoms with Gasteiger partial charge in [-0.3, -0.25) is 9.71 Å². The van der Waals surface area contributed by atoms with Crippen LogP contribution in [-0.2, 0) is 10.0 Å². The summed E-state index contributed by atoms with van der Waals surface area (Å²) < 4.78 is 52.0. The molecule has 21 heavy (non-hydrogen) atoms. The van der Waals surface area contributed by atoms with E-state index in [0.717, 1.165) is 24.4 Å². The maximum absolute atomic E-state index is 13.0. The van der Waals surface area contributed by atoms with Crippen LogP contribution in [0.1, 0.15) is 5.69 Å². The molecule has 0 radical (unpaired) electrons. The number of halogens is 2. The first kappa shape index (κ1) is 15.3. The Kier molecular flexibility index (Phi) is 4.14. The molecule has 1 aromatic carbocycles. The maximum Gasteiger partial charge on any atom is 0.263 e. The summed E-state index contributed by atoms with van der Waals surface area (Å²) in [6, 6.07) is 5.27. The van der Waals surface area contributed by atoms with Crippen molar-refractivity contribution in [2.45, 2.75) is 4.90 Å². The lowest BCUT2D eigenvalue weighted by molar-refractivity contribution is 0.509. The van der Waals surface area contributed by atoms with Gasteiger partial charge in [-0.15, -0.1) is 0 Å². The van der Waals surface area contributed by atoms with E-state index in [1.807, 2.05) is 0 Å². The number of sulfonamides is 1. The molecule has 0 fully saturated rings. The van der Waals surface area contributed by atoms with Crippen molar-refractivity contribution in [2.75, 3.05) is 4.72 Å². The normalized spacial score (nSPS) is 11.1. The quantitative estimate of drug-likeness (QED) is 0.836. The third-order valence-electron chi connectivity index (χ3n) is 2.47. The van der Waals surface area contributed by atoms with Crippen molar-refractivity contribution in [1.82, 2.24) is 4.98 Å². The van der Waals surface area contributed by atoms with Gasteiger partial charge in [0.05, 0.1) is 11.4 Å². The highest BCUT2D eigenvalue weighted by atomic mass is 32.2. The van der Waals surface area contributed by atoms with Gasteiger partial charge in [0.1, 0.15) is 9.88 Å². The minimum Gasteiger partial charge on any atom is -0.388 e. The van der Waals surface area contributed by atoms with Gasteiger partial charge in [-0.05, 0) is 24.3 Å². The molecule has 3 N–H and O–H groups in total. The Morgan fingerprint density at radius 3 is 2.43 bits per heavy atom. The van der Waals surface area contributed by atoms with Crippen LogP contribution < -0.4 is 10.5 Å². The average Bonchev–Trinajstić information content (AvgIpc) is 2.43. The molecule has 0 aliphatic heterocycles. The summed E-state index contributed by atoms with van der Waals surface area (Å²) in [5.74, 6) is -2.22. The van der Waals surface area contributed by atoms with E-state index >= 15 is 0 Å². The molecule has 0 bridgehead atoms. The van der Waals surface area contributed by atoms with E-state index in [9.17, 15) is 17.2 Å². The largest absolute Gasteiger partial charge is 0.388 e. The molecule has 0 atom stereocenters. The zero-order valence-electron chi connectivity index (χ0n) is 10.4.